The Bertz CT molecular complexity index is 282. The highest BCUT2D eigenvalue weighted by molar-refractivity contribution is 6.30. The van der Waals surface area contributed by atoms with E-state index in [9.17, 15) is 0 Å². The van der Waals surface area contributed by atoms with Crippen LogP contribution in [-0.2, 0) is 12.6 Å². The van der Waals surface area contributed by atoms with Crippen LogP contribution in [0, 0.1) is 0 Å². The topological polar surface area (TPSA) is 29.9 Å². The molecule has 1 aromatic rings. The lowest BCUT2D eigenvalue weighted by Crippen LogP contribution is -2.27. The second-order valence-corrected chi connectivity index (χ2v) is 3.69. The third kappa shape index (κ3) is 0.967. The van der Waals surface area contributed by atoms with Crippen molar-refractivity contribution < 1.29 is 0 Å². The van der Waals surface area contributed by atoms with E-state index in [2.05, 4.69) is 10.3 Å². The van der Waals surface area contributed by atoms with Crippen molar-refractivity contribution in [3.05, 3.63) is 17.2 Å². The zero-order valence-corrected chi connectivity index (χ0v) is 8.02. The normalized spacial score (nSPS) is 19.6. The summed E-state index contributed by atoms with van der Waals surface area (Å²) in [5.41, 5.74) is 1.23. The first-order valence-electron chi connectivity index (χ1n) is 4.06. The Kier molecular flexibility index (Phi) is 1.66. The monoisotopic (exact) mass is 185 g/mol. The fourth-order valence-corrected chi connectivity index (χ4v) is 2.02. The first-order valence-corrected chi connectivity index (χ1v) is 4.43. The minimum absolute atomic E-state index is 0.113. The molecule has 66 valence electrons. The van der Waals surface area contributed by atoms with Gasteiger partial charge in [0.1, 0.15) is 0 Å². The minimum Gasteiger partial charge on any atom is -0.335 e. The molecule has 2 rings (SSSR count). The van der Waals surface area contributed by atoms with Crippen molar-refractivity contribution in [2.75, 3.05) is 7.05 Å². The Balaban J connectivity index is 2.45. The van der Waals surface area contributed by atoms with Crippen molar-refractivity contribution in [1.29, 1.82) is 0 Å². The minimum atomic E-state index is 0.113. The summed E-state index contributed by atoms with van der Waals surface area (Å²) in [7, 11) is 3.95. The molecule has 12 heavy (non-hydrogen) atoms. The maximum Gasteiger partial charge on any atom is 0.152 e. The summed E-state index contributed by atoms with van der Waals surface area (Å²) in [5.74, 6) is 0. The number of halogens is 1. The Labute approximate surface area is 76.7 Å². The van der Waals surface area contributed by atoms with Gasteiger partial charge in [-0.05, 0) is 19.9 Å². The molecule has 1 saturated carbocycles. The van der Waals surface area contributed by atoms with E-state index in [1.807, 2.05) is 18.7 Å². The Morgan fingerprint density at radius 3 is 2.67 bits per heavy atom. The summed E-state index contributed by atoms with van der Waals surface area (Å²) in [6.07, 6.45) is 4.07. The van der Waals surface area contributed by atoms with Gasteiger partial charge in [0.05, 0.1) is 17.6 Å². The summed E-state index contributed by atoms with van der Waals surface area (Å²) < 4.78 is 1.99. The molecule has 1 heterocycles. The molecule has 4 heteroatoms. The lowest BCUT2D eigenvalue weighted by atomic mass is 10.2. The van der Waals surface area contributed by atoms with Crippen molar-refractivity contribution in [2.45, 2.75) is 18.4 Å². The van der Waals surface area contributed by atoms with Crippen molar-refractivity contribution in [1.82, 2.24) is 14.9 Å². The van der Waals surface area contributed by atoms with Crippen LogP contribution < -0.4 is 5.32 Å². The molecule has 0 aromatic carbocycles. The standard InChI is InChI=1S/C8H12ClN3/c1-10-8(3-4-8)6-7(9)11-5-12(6)2/h5,10H,3-4H2,1-2H3. The number of hydrogen-bond donors (Lipinski definition) is 1. The summed E-state index contributed by atoms with van der Waals surface area (Å²) in [4.78, 5) is 4.06. The van der Waals surface area contributed by atoms with Crippen LogP contribution in [-0.4, -0.2) is 16.6 Å². The van der Waals surface area contributed by atoms with E-state index < -0.39 is 0 Å². The molecule has 1 fully saturated rings. The van der Waals surface area contributed by atoms with Crippen molar-refractivity contribution >= 4 is 11.6 Å². The maximum absolute atomic E-state index is 5.98. The molecule has 0 saturated heterocycles. The van der Waals surface area contributed by atoms with Crippen LogP contribution in [0.3, 0.4) is 0 Å². The molecular weight excluding hydrogens is 174 g/mol. The Morgan fingerprint density at radius 1 is 1.67 bits per heavy atom. The lowest BCUT2D eigenvalue weighted by Gasteiger charge is -2.14. The van der Waals surface area contributed by atoms with Gasteiger partial charge in [0, 0.05) is 7.05 Å². The molecule has 1 aromatic heterocycles. The zero-order valence-electron chi connectivity index (χ0n) is 7.26. The van der Waals surface area contributed by atoms with Crippen LogP contribution >= 0.6 is 11.6 Å². The highest BCUT2D eigenvalue weighted by atomic mass is 35.5. The van der Waals surface area contributed by atoms with Crippen LogP contribution in [0.1, 0.15) is 18.5 Å². The average Bonchev–Trinajstić information content (AvgIpc) is 2.77. The van der Waals surface area contributed by atoms with Gasteiger partial charge in [-0.1, -0.05) is 11.6 Å². The summed E-state index contributed by atoms with van der Waals surface area (Å²) in [6, 6.07) is 0. The van der Waals surface area contributed by atoms with Crippen molar-refractivity contribution in [2.24, 2.45) is 7.05 Å². The van der Waals surface area contributed by atoms with Gasteiger partial charge in [-0.2, -0.15) is 0 Å². The molecule has 0 aliphatic heterocycles. The molecule has 1 aliphatic carbocycles. The Hall–Kier alpha value is -0.540. The summed E-state index contributed by atoms with van der Waals surface area (Å²) in [6.45, 7) is 0. The predicted octanol–water partition coefficient (Wildman–Crippen LogP) is 1.28. The van der Waals surface area contributed by atoms with Gasteiger partial charge in [0.2, 0.25) is 0 Å². The smallest absolute Gasteiger partial charge is 0.152 e. The number of nitrogens with one attached hydrogen (secondary N) is 1. The molecular formula is C8H12ClN3. The third-order valence-corrected chi connectivity index (χ3v) is 2.85. The van der Waals surface area contributed by atoms with E-state index in [0.717, 1.165) is 18.5 Å². The van der Waals surface area contributed by atoms with E-state index in [0.29, 0.717) is 5.15 Å². The van der Waals surface area contributed by atoms with Crippen LogP contribution in [0.5, 0.6) is 0 Å². The van der Waals surface area contributed by atoms with Crippen molar-refractivity contribution in [3.63, 3.8) is 0 Å². The second kappa shape index (κ2) is 2.47. The number of hydrogen-bond acceptors (Lipinski definition) is 2. The lowest BCUT2D eigenvalue weighted by molar-refractivity contribution is 0.545. The SMILES string of the molecule is CNC1(c2c(Cl)ncn2C)CC1. The zero-order chi connectivity index (χ0) is 8.77. The molecule has 1 N–H and O–H groups in total. The second-order valence-electron chi connectivity index (χ2n) is 3.33. The number of aryl methyl sites for hydroxylation is 1. The van der Waals surface area contributed by atoms with Gasteiger partial charge >= 0.3 is 0 Å². The predicted molar refractivity (Wildman–Crippen MR) is 48.2 cm³/mol. The Morgan fingerprint density at radius 2 is 2.33 bits per heavy atom. The molecule has 0 bridgehead atoms. The molecule has 0 radical (unpaired) electrons. The van der Waals surface area contributed by atoms with Gasteiger partial charge in [-0.25, -0.2) is 4.98 Å². The van der Waals surface area contributed by atoms with Crippen LogP contribution in [0.15, 0.2) is 6.33 Å². The van der Waals surface area contributed by atoms with E-state index in [4.69, 9.17) is 11.6 Å². The maximum atomic E-state index is 5.98. The largest absolute Gasteiger partial charge is 0.335 e. The fourth-order valence-electron chi connectivity index (χ4n) is 1.67. The first kappa shape index (κ1) is 8.08. The molecule has 0 spiro atoms. The third-order valence-electron chi connectivity index (χ3n) is 2.57. The van der Waals surface area contributed by atoms with Crippen LogP contribution in [0.4, 0.5) is 0 Å². The fraction of sp³-hybridized carbons (Fsp3) is 0.625. The van der Waals surface area contributed by atoms with E-state index in [1.54, 1.807) is 6.33 Å². The number of aromatic nitrogens is 2. The summed E-state index contributed by atoms with van der Waals surface area (Å²) >= 11 is 5.98. The van der Waals surface area contributed by atoms with E-state index >= 15 is 0 Å². The van der Waals surface area contributed by atoms with Gasteiger partial charge in [0.15, 0.2) is 5.15 Å². The van der Waals surface area contributed by atoms with Crippen LogP contribution in [0.25, 0.3) is 0 Å². The summed E-state index contributed by atoms with van der Waals surface area (Å²) in [5, 5.41) is 3.92. The van der Waals surface area contributed by atoms with Gasteiger partial charge in [-0.15, -0.1) is 0 Å². The molecule has 0 amide bonds. The van der Waals surface area contributed by atoms with Gasteiger partial charge in [0.25, 0.3) is 0 Å². The highest BCUT2D eigenvalue weighted by Crippen LogP contribution is 2.46. The number of nitrogens with zero attached hydrogens (tertiary/aromatic N) is 2. The van der Waals surface area contributed by atoms with E-state index in [-0.39, 0.29) is 5.54 Å². The van der Waals surface area contributed by atoms with E-state index in [1.165, 1.54) is 0 Å². The average molecular weight is 186 g/mol. The number of rotatable bonds is 2. The highest BCUT2D eigenvalue weighted by Gasteiger charge is 2.46. The van der Waals surface area contributed by atoms with Crippen molar-refractivity contribution in [3.8, 4) is 0 Å². The molecule has 0 atom stereocenters. The molecule has 1 aliphatic rings. The molecule has 0 unspecified atom stereocenters. The number of imidazole rings is 1. The molecule has 3 nitrogen and oxygen atoms in total. The van der Waals surface area contributed by atoms with Gasteiger partial charge < -0.3 is 9.88 Å². The van der Waals surface area contributed by atoms with Crippen LogP contribution in [0.2, 0.25) is 5.15 Å². The van der Waals surface area contributed by atoms with Gasteiger partial charge in [-0.3, -0.25) is 0 Å². The quantitative estimate of drug-likeness (QED) is 0.753. The first-order chi connectivity index (χ1) is 5.69.